The van der Waals surface area contributed by atoms with Gasteiger partial charge in [-0.15, -0.1) is 0 Å². The van der Waals surface area contributed by atoms with Crippen LogP contribution < -0.4 is 0 Å². The van der Waals surface area contributed by atoms with Gasteiger partial charge >= 0.3 is 7.12 Å². The molecule has 0 bridgehead atoms. The van der Waals surface area contributed by atoms with Crippen LogP contribution in [0.1, 0.15) is 41.0 Å². The highest BCUT2D eigenvalue weighted by Crippen LogP contribution is 2.26. The lowest BCUT2D eigenvalue weighted by atomic mass is 9.82. The summed E-state index contributed by atoms with van der Waals surface area (Å²) in [5, 5.41) is 0. The molecule has 0 radical (unpaired) electrons. The first-order valence-corrected chi connectivity index (χ1v) is 6.71. The van der Waals surface area contributed by atoms with E-state index in [1.54, 1.807) is 0 Å². The van der Waals surface area contributed by atoms with Crippen LogP contribution in [0.2, 0.25) is 0 Å². The van der Waals surface area contributed by atoms with Crippen LogP contribution in [0.25, 0.3) is 0 Å². The van der Waals surface area contributed by atoms with Gasteiger partial charge < -0.3 is 18.8 Å². The maximum Gasteiger partial charge on any atom is 0.486 e. The van der Waals surface area contributed by atoms with Crippen LogP contribution in [0.5, 0.6) is 0 Å². The Hall–Kier alpha value is -0.355. The molecule has 1 fully saturated rings. The molecule has 0 N–H and O–H groups in total. The van der Waals surface area contributed by atoms with Gasteiger partial charge in [0.25, 0.3) is 0 Å². The summed E-state index contributed by atoms with van der Waals surface area (Å²) in [4.78, 5) is 0. The third-order valence-electron chi connectivity index (χ3n) is 2.67. The largest absolute Gasteiger partial charge is 0.486 e. The van der Waals surface area contributed by atoms with Gasteiger partial charge in [0.2, 0.25) is 0 Å². The van der Waals surface area contributed by atoms with Gasteiger partial charge in [0, 0.05) is 19.3 Å². The third-order valence-corrected chi connectivity index (χ3v) is 2.67. The Bertz CT molecular complexity index is 262. The lowest BCUT2D eigenvalue weighted by Gasteiger charge is -2.37. The molecule has 18 heavy (non-hydrogen) atoms. The Morgan fingerprint density at radius 2 is 1.94 bits per heavy atom. The minimum Gasteiger partial charge on any atom is -0.405 e. The Kier molecular flexibility index (Phi) is 6.36. The summed E-state index contributed by atoms with van der Waals surface area (Å²) in [5.74, 6) is 1.87. The van der Waals surface area contributed by atoms with Crippen molar-refractivity contribution < 1.29 is 18.8 Å². The monoisotopic (exact) mass is 256 g/mol. The zero-order chi connectivity index (χ0) is 13.6. The van der Waals surface area contributed by atoms with Crippen molar-refractivity contribution in [2.75, 3.05) is 13.2 Å². The van der Waals surface area contributed by atoms with Crippen molar-refractivity contribution in [3.63, 3.8) is 0 Å². The highest BCUT2D eigenvalue weighted by atomic mass is 16.7. The molecular formula is C13H25BO4. The maximum absolute atomic E-state index is 5.83. The number of ether oxygens (including phenoxy) is 2. The molecular weight excluding hydrogens is 231 g/mol. The molecule has 5 heteroatoms. The molecule has 1 heterocycles. The number of hydrogen-bond acceptors (Lipinski definition) is 4. The molecule has 0 saturated carbocycles. The van der Waals surface area contributed by atoms with E-state index in [0.29, 0.717) is 13.2 Å². The van der Waals surface area contributed by atoms with E-state index in [2.05, 4.69) is 20.8 Å². The second-order valence-electron chi connectivity index (χ2n) is 5.06. The molecule has 0 aromatic carbocycles. The lowest BCUT2D eigenvalue weighted by molar-refractivity contribution is -0.104. The van der Waals surface area contributed by atoms with Gasteiger partial charge in [-0.3, -0.25) is 0 Å². The predicted molar refractivity (Wildman–Crippen MR) is 72.3 cm³/mol. The van der Waals surface area contributed by atoms with Crippen LogP contribution in [-0.4, -0.2) is 38.3 Å². The molecule has 1 saturated heterocycles. The minimum absolute atomic E-state index is 0.153. The van der Waals surface area contributed by atoms with Crippen molar-refractivity contribution in [2.45, 2.75) is 59.0 Å². The van der Waals surface area contributed by atoms with Crippen LogP contribution in [0.4, 0.5) is 0 Å². The summed E-state index contributed by atoms with van der Waals surface area (Å²) < 4.78 is 22.4. The number of hydrogen-bond donors (Lipinski definition) is 0. The van der Waals surface area contributed by atoms with E-state index in [0.717, 1.165) is 6.42 Å². The summed E-state index contributed by atoms with van der Waals surface area (Å²) >= 11 is 0. The average Bonchev–Trinajstić information content (AvgIpc) is 2.24. The number of rotatable bonds is 6. The van der Waals surface area contributed by atoms with Crippen molar-refractivity contribution in [1.29, 1.82) is 0 Å². The SMILES string of the molecule is CCOC(/C=C/B1OC(C)CC(C)(C)O1)OCC. The molecule has 0 aromatic heterocycles. The lowest BCUT2D eigenvalue weighted by Crippen LogP contribution is -2.45. The molecule has 0 aliphatic carbocycles. The molecule has 4 nitrogen and oxygen atoms in total. The Morgan fingerprint density at radius 1 is 1.33 bits per heavy atom. The van der Waals surface area contributed by atoms with Gasteiger partial charge in [-0.25, -0.2) is 0 Å². The van der Waals surface area contributed by atoms with Crippen molar-refractivity contribution in [2.24, 2.45) is 0 Å². The topological polar surface area (TPSA) is 36.9 Å². The molecule has 1 aliphatic rings. The molecule has 0 spiro atoms. The highest BCUT2D eigenvalue weighted by molar-refractivity contribution is 6.51. The first-order chi connectivity index (χ1) is 8.46. The fraction of sp³-hybridized carbons (Fsp3) is 0.846. The summed E-state index contributed by atoms with van der Waals surface area (Å²) in [6.07, 6.45) is 2.62. The quantitative estimate of drug-likeness (QED) is 0.540. The van der Waals surface area contributed by atoms with Crippen molar-refractivity contribution >= 4 is 7.12 Å². The van der Waals surface area contributed by atoms with Gasteiger partial charge in [-0.1, -0.05) is 5.98 Å². The van der Waals surface area contributed by atoms with Gasteiger partial charge in [-0.05, 0) is 47.1 Å². The third kappa shape index (κ3) is 5.52. The Balaban J connectivity index is 2.53. The van der Waals surface area contributed by atoms with E-state index in [1.807, 2.05) is 25.9 Å². The van der Waals surface area contributed by atoms with E-state index >= 15 is 0 Å². The first-order valence-electron chi connectivity index (χ1n) is 6.71. The van der Waals surface area contributed by atoms with Crippen molar-refractivity contribution in [1.82, 2.24) is 0 Å². The van der Waals surface area contributed by atoms with Crippen molar-refractivity contribution in [3.05, 3.63) is 12.1 Å². The molecule has 104 valence electrons. The van der Waals surface area contributed by atoms with E-state index in [1.165, 1.54) is 0 Å². The molecule has 0 amide bonds. The van der Waals surface area contributed by atoms with Crippen LogP contribution in [0.3, 0.4) is 0 Å². The Labute approximate surface area is 111 Å². The molecule has 1 aliphatic heterocycles. The van der Waals surface area contributed by atoms with Crippen LogP contribution in [0.15, 0.2) is 12.1 Å². The molecule has 1 unspecified atom stereocenters. The Morgan fingerprint density at radius 3 is 2.44 bits per heavy atom. The van der Waals surface area contributed by atoms with Crippen molar-refractivity contribution in [3.8, 4) is 0 Å². The average molecular weight is 256 g/mol. The van der Waals surface area contributed by atoms with E-state index in [4.69, 9.17) is 18.8 Å². The highest BCUT2D eigenvalue weighted by Gasteiger charge is 2.35. The van der Waals surface area contributed by atoms with Crippen LogP contribution in [-0.2, 0) is 18.8 Å². The standard InChI is InChI=1S/C13H25BO4/c1-6-15-12(16-7-2)8-9-14-17-11(3)10-13(4,5)18-14/h8-9,11-12H,6-7,10H2,1-5H3/b9-8+. The zero-order valence-electron chi connectivity index (χ0n) is 12.1. The van der Waals surface area contributed by atoms with Gasteiger partial charge in [0.15, 0.2) is 6.29 Å². The molecule has 1 rings (SSSR count). The molecule has 1 atom stereocenters. The maximum atomic E-state index is 5.83. The second kappa shape index (κ2) is 7.29. The van der Waals surface area contributed by atoms with Gasteiger partial charge in [0.1, 0.15) is 0 Å². The van der Waals surface area contributed by atoms with E-state index < -0.39 is 0 Å². The fourth-order valence-electron chi connectivity index (χ4n) is 2.11. The summed E-state index contributed by atoms with van der Waals surface area (Å²) in [7, 11) is -0.327. The summed E-state index contributed by atoms with van der Waals surface area (Å²) in [6, 6.07) is 0. The first kappa shape index (κ1) is 15.7. The fourth-order valence-corrected chi connectivity index (χ4v) is 2.11. The molecule has 0 aromatic rings. The van der Waals surface area contributed by atoms with Crippen LogP contribution in [0, 0.1) is 0 Å². The smallest absolute Gasteiger partial charge is 0.405 e. The second-order valence-corrected chi connectivity index (χ2v) is 5.06. The minimum atomic E-state index is -0.327. The van der Waals surface area contributed by atoms with Crippen LogP contribution >= 0.6 is 0 Å². The van der Waals surface area contributed by atoms with E-state index in [9.17, 15) is 0 Å². The summed E-state index contributed by atoms with van der Waals surface area (Å²) in [5.41, 5.74) is -0.153. The zero-order valence-corrected chi connectivity index (χ0v) is 12.1. The van der Waals surface area contributed by atoms with E-state index in [-0.39, 0.29) is 25.1 Å². The van der Waals surface area contributed by atoms with Gasteiger partial charge in [0.05, 0.1) is 5.60 Å². The summed E-state index contributed by atoms with van der Waals surface area (Å²) in [6.45, 7) is 11.3. The normalized spacial score (nSPS) is 24.1. The predicted octanol–water partition coefficient (Wildman–Crippen LogP) is 2.57. The van der Waals surface area contributed by atoms with Gasteiger partial charge in [-0.2, -0.15) is 0 Å².